The van der Waals surface area contributed by atoms with E-state index in [9.17, 15) is 4.79 Å². The third-order valence-electron chi connectivity index (χ3n) is 2.54. The lowest BCUT2D eigenvalue weighted by atomic mass is 10.2. The van der Waals surface area contributed by atoms with Crippen molar-refractivity contribution in [1.29, 1.82) is 0 Å². The average molecular weight is 249 g/mol. The molecule has 0 saturated carbocycles. The van der Waals surface area contributed by atoms with E-state index < -0.39 is 0 Å². The van der Waals surface area contributed by atoms with Crippen molar-refractivity contribution in [2.75, 3.05) is 0 Å². The molecule has 0 spiro atoms. The van der Waals surface area contributed by atoms with E-state index in [0.717, 1.165) is 27.5 Å². The maximum atomic E-state index is 11.8. The van der Waals surface area contributed by atoms with E-state index in [0.29, 0.717) is 6.54 Å². The molecule has 0 aromatic carbocycles. The highest BCUT2D eigenvalue weighted by molar-refractivity contribution is 7.12. The van der Waals surface area contributed by atoms with Gasteiger partial charge in [0.15, 0.2) is 0 Å². The number of furan rings is 1. The van der Waals surface area contributed by atoms with E-state index in [1.165, 1.54) is 11.3 Å². The second kappa shape index (κ2) is 4.75. The summed E-state index contributed by atoms with van der Waals surface area (Å²) >= 11 is 1.47. The van der Waals surface area contributed by atoms with Gasteiger partial charge >= 0.3 is 0 Å². The fraction of sp³-hybridized carbons (Fsp3) is 0.308. The third kappa shape index (κ3) is 2.77. The molecule has 90 valence electrons. The normalized spacial score (nSPS) is 10.5. The van der Waals surface area contributed by atoms with Gasteiger partial charge in [-0.15, -0.1) is 11.3 Å². The Labute approximate surface area is 104 Å². The van der Waals surface area contributed by atoms with Crippen molar-refractivity contribution in [2.45, 2.75) is 27.3 Å². The van der Waals surface area contributed by atoms with Crippen molar-refractivity contribution < 1.29 is 9.21 Å². The number of carbonyl (C=O) groups is 1. The quantitative estimate of drug-likeness (QED) is 0.907. The molecule has 1 N–H and O–H groups in total. The molecule has 2 aromatic rings. The Kier molecular flexibility index (Phi) is 3.33. The third-order valence-corrected chi connectivity index (χ3v) is 3.58. The average Bonchev–Trinajstić information content (AvgIpc) is 2.82. The van der Waals surface area contributed by atoms with Gasteiger partial charge in [0, 0.05) is 12.1 Å². The molecule has 0 saturated heterocycles. The molecular weight excluding hydrogens is 234 g/mol. The van der Waals surface area contributed by atoms with Crippen LogP contribution in [0, 0.1) is 20.8 Å². The zero-order chi connectivity index (χ0) is 12.4. The zero-order valence-electron chi connectivity index (χ0n) is 10.2. The van der Waals surface area contributed by atoms with Crippen LogP contribution in [0.15, 0.2) is 21.9 Å². The first-order chi connectivity index (χ1) is 8.06. The number of nitrogens with one attached hydrogen (secondary N) is 1. The molecule has 3 nitrogen and oxygen atoms in total. The molecule has 2 heterocycles. The first-order valence-corrected chi connectivity index (χ1v) is 6.33. The molecule has 0 unspecified atom stereocenters. The first kappa shape index (κ1) is 11.9. The summed E-state index contributed by atoms with van der Waals surface area (Å²) < 4.78 is 5.41. The molecule has 2 rings (SSSR count). The van der Waals surface area contributed by atoms with Crippen LogP contribution in [0.3, 0.4) is 0 Å². The van der Waals surface area contributed by atoms with Crippen molar-refractivity contribution in [3.8, 4) is 0 Å². The Morgan fingerprint density at radius 2 is 2.12 bits per heavy atom. The lowest BCUT2D eigenvalue weighted by molar-refractivity contribution is 0.0955. The van der Waals surface area contributed by atoms with Crippen molar-refractivity contribution >= 4 is 17.2 Å². The molecule has 0 radical (unpaired) electrons. The Morgan fingerprint density at radius 3 is 2.65 bits per heavy atom. The first-order valence-electron chi connectivity index (χ1n) is 5.45. The minimum atomic E-state index is -0.0265. The van der Waals surface area contributed by atoms with Gasteiger partial charge in [0.05, 0.1) is 4.88 Å². The Hall–Kier alpha value is -1.55. The van der Waals surface area contributed by atoms with E-state index in [1.54, 1.807) is 0 Å². The monoisotopic (exact) mass is 249 g/mol. The minimum absolute atomic E-state index is 0.0265. The highest BCUT2D eigenvalue weighted by Gasteiger charge is 2.09. The molecule has 0 aliphatic rings. The molecule has 0 atom stereocenters. The van der Waals surface area contributed by atoms with Crippen LogP contribution in [0.1, 0.15) is 32.3 Å². The number of carbonyl (C=O) groups excluding carboxylic acids is 1. The van der Waals surface area contributed by atoms with Crippen LogP contribution < -0.4 is 5.32 Å². The fourth-order valence-corrected chi connectivity index (χ4v) is 2.49. The second-order valence-electron chi connectivity index (χ2n) is 4.11. The summed E-state index contributed by atoms with van der Waals surface area (Å²) in [5.41, 5.74) is 2.15. The van der Waals surface area contributed by atoms with Crippen LogP contribution in [-0.4, -0.2) is 5.91 Å². The largest absolute Gasteiger partial charge is 0.466 e. The highest BCUT2D eigenvalue weighted by atomic mass is 32.1. The lowest BCUT2D eigenvalue weighted by Crippen LogP contribution is -2.21. The van der Waals surface area contributed by atoms with Gasteiger partial charge in [-0.25, -0.2) is 0 Å². The summed E-state index contributed by atoms with van der Waals surface area (Å²) in [4.78, 5) is 12.6. The maximum absolute atomic E-state index is 11.8. The smallest absolute Gasteiger partial charge is 0.261 e. The van der Waals surface area contributed by atoms with Crippen molar-refractivity contribution in [3.63, 3.8) is 0 Å². The van der Waals surface area contributed by atoms with Crippen LogP contribution >= 0.6 is 11.3 Å². The van der Waals surface area contributed by atoms with E-state index in [1.807, 2.05) is 38.3 Å². The molecule has 0 aliphatic carbocycles. The predicted octanol–water partition coefficient (Wildman–Crippen LogP) is 3.20. The number of rotatable bonds is 3. The van der Waals surface area contributed by atoms with Gasteiger partial charge in [-0.2, -0.15) is 0 Å². The predicted molar refractivity (Wildman–Crippen MR) is 68.4 cm³/mol. The van der Waals surface area contributed by atoms with Crippen LogP contribution in [0.4, 0.5) is 0 Å². The van der Waals surface area contributed by atoms with Crippen LogP contribution in [0.25, 0.3) is 0 Å². The fourth-order valence-electron chi connectivity index (χ4n) is 1.67. The zero-order valence-corrected chi connectivity index (χ0v) is 11.0. The summed E-state index contributed by atoms with van der Waals surface area (Å²) in [7, 11) is 0. The van der Waals surface area contributed by atoms with E-state index in [-0.39, 0.29) is 5.91 Å². The highest BCUT2D eigenvalue weighted by Crippen LogP contribution is 2.15. The number of hydrogen-bond donors (Lipinski definition) is 1. The van der Waals surface area contributed by atoms with Gasteiger partial charge in [0.2, 0.25) is 0 Å². The molecule has 1 amide bonds. The van der Waals surface area contributed by atoms with Gasteiger partial charge in [0.1, 0.15) is 11.5 Å². The molecule has 0 fully saturated rings. The maximum Gasteiger partial charge on any atom is 0.261 e. The van der Waals surface area contributed by atoms with Crippen LogP contribution in [0.2, 0.25) is 0 Å². The summed E-state index contributed by atoms with van der Waals surface area (Å²) in [6.07, 6.45) is 0. The van der Waals surface area contributed by atoms with Gasteiger partial charge in [-0.3, -0.25) is 4.79 Å². The standard InChI is InChI=1S/C13H15NO2S/c1-8-4-12(17-7-8)13(15)14-6-11-5-9(2)16-10(11)3/h4-5,7H,6H2,1-3H3,(H,14,15). The van der Waals surface area contributed by atoms with Gasteiger partial charge in [0.25, 0.3) is 5.91 Å². The second-order valence-corrected chi connectivity index (χ2v) is 5.02. The summed E-state index contributed by atoms with van der Waals surface area (Å²) in [6, 6.07) is 3.85. The Morgan fingerprint density at radius 1 is 1.35 bits per heavy atom. The van der Waals surface area contributed by atoms with Crippen LogP contribution in [-0.2, 0) is 6.54 Å². The number of hydrogen-bond acceptors (Lipinski definition) is 3. The molecule has 2 aromatic heterocycles. The molecule has 4 heteroatoms. The summed E-state index contributed by atoms with van der Waals surface area (Å²) in [5.74, 6) is 1.71. The lowest BCUT2D eigenvalue weighted by Gasteiger charge is -2.01. The molecular formula is C13H15NO2S. The summed E-state index contributed by atoms with van der Waals surface area (Å²) in [6.45, 7) is 6.31. The summed E-state index contributed by atoms with van der Waals surface area (Å²) in [5, 5.41) is 4.87. The number of amides is 1. The van der Waals surface area contributed by atoms with E-state index >= 15 is 0 Å². The van der Waals surface area contributed by atoms with Gasteiger partial charge in [-0.1, -0.05) is 0 Å². The van der Waals surface area contributed by atoms with E-state index in [2.05, 4.69) is 5.32 Å². The number of thiophene rings is 1. The molecule has 0 aliphatic heterocycles. The van der Waals surface area contributed by atoms with Crippen molar-refractivity contribution in [3.05, 3.63) is 45.0 Å². The van der Waals surface area contributed by atoms with Crippen molar-refractivity contribution in [2.24, 2.45) is 0 Å². The topological polar surface area (TPSA) is 42.2 Å². The minimum Gasteiger partial charge on any atom is -0.466 e. The van der Waals surface area contributed by atoms with Crippen LogP contribution in [0.5, 0.6) is 0 Å². The Balaban J connectivity index is 1.99. The molecule has 0 bridgehead atoms. The van der Waals surface area contributed by atoms with Gasteiger partial charge < -0.3 is 9.73 Å². The van der Waals surface area contributed by atoms with E-state index in [4.69, 9.17) is 4.42 Å². The molecule has 17 heavy (non-hydrogen) atoms. The van der Waals surface area contributed by atoms with Crippen molar-refractivity contribution in [1.82, 2.24) is 5.32 Å². The SMILES string of the molecule is Cc1csc(C(=O)NCc2cc(C)oc2C)c1. The number of aryl methyl sites for hydroxylation is 3. The van der Waals surface area contributed by atoms with Gasteiger partial charge in [-0.05, 0) is 43.8 Å². The Bertz CT molecular complexity index is 539.